The van der Waals surface area contributed by atoms with Crippen LogP contribution < -0.4 is 5.32 Å². The van der Waals surface area contributed by atoms with Gasteiger partial charge in [-0.25, -0.2) is 0 Å². The molecule has 4 nitrogen and oxygen atoms in total. The molecule has 0 bridgehead atoms. The van der Waals surface area contributed by atoms with Gasteiger partial charge >= 0.3 is 0 Å². The average molecular weight is 191 g/mol. The molecule has 0 aromatic heterocycles. The van der Waals surface area contributed by atoms with Gasteiger partial charge < -0.3 is 20.3 Å². The first-order valence-corrected chi connectivity index (χ1v) is 4.84. The molecule has 4 heteroatoms. The number of aliphatic hydroxyl groups excluding tert-OH is 2. The Morgan fingerprint density at radius 2 is 2.00 bits per heavy atom. The molecule has 3 N–H and O–H groups in total. The molecule has 0 saturated carbocycles. The van der Waals surface area contributed by atoms with Crippen LogP contribution in [-0.4, -0.2) is 49.2 Å². The predicted octanol–water partition coefficient (Wildman–Crippen LogP) is -0.254. The highest BCUT2D eigenvalue weighted by atomic mass is 16.5. The second-order valence-corrected chi connectivity index (χ2v) is 3.06. The number of rotatable bonds is 9. The van der Waals surface area contributed by atoms with E-state index in [1.54, 1.807) is 0 Å². The van der Waals surface area contributed by atoms with Crippen LogP contribution in [0.1, 0.15) is 19.8 Å². The highest BCUT2D eigenvalue weighted by Gasteiger charge is 1.99. The summed E-state index contributed by atoms with van der Waals surface area (Å²) in [5.41, 5.74) is 0. The van der Waals surface area contributed by atoms with Crippen molar-refractivity contribution >= 4 is 0 Å². The van der Waals surface area contributed by atoms with Gasteiger partial charge in [0.05, 0.1) is 19.8 Å². The maximum atomic E-state index is 8.58. The van der Waals surface area contributed by atoms with Crippen molar-refractivity contribution in [3.63, 3.8) is 0 Å². The van der Waals surface area contributed by atoms with Crippen LogP contribution in [0.3, 0.4) is 0 Å². The van der Waals surface area contributed by atoms with Crippen molar-refractivity contribution in [2.75, 3.05) is 33.0 Å². The third kappa shape index (κ3) is 9.76. The molecule has 0 aliphatic carbocycles. The van der Waals surface area contributed by atoms with E-state index in [2.05, 4.69) is 12.2 Å². The summed E-state index contributed by atoms with van der Waals surface area (Å²) in [6.07, 6.45) is 1.82. The van der Waals surface area contributed by atoms with Gasteiger partial charge in [-0.2, -0.15) is 0 Å². The van der Waals surface area contributed by atoms with E-state index in [9.17, 15) is 0 Å². The minimum atomic E-state index is 0.0834. The molecule has 0 heterocycles. The van der Waals surface area contributed by atoms with Gasteiger partial charge in [0.1, 0.15) is 0 Å². The molecule has 0 fully saturated rings. The molecule has 0 rings (SSSR count). The fraction of sp³-hybridized carbons (Fsp3) is 1.00. The SMILES string of the molecule is CC(CCCO)NCCOCCO. The van der Waals surface area contributed by atoms with Crippen LogP contribution >= 0.6 is 0 Å². The molecule has 0 aliphatic heterocycles. The Bertz CT molecular complexity index is 101. The number of hydrogen-bond acceptors (Lipinski definition) is 4. The van der Waals surface area contributed by atoms with Crippen LogP contribution in [0.5, 0.6) is 0 Å². The molecule has 1 unspecified atom stereocenters. The van der Waals surface area contributed by atoms with Crippen LogP contribution in [0.4, 0.5) is 0 Å². The van der Waals surface area contributed by atoms with Crippen molar-refractivity contribution in [1.29, 1.82) is 0 Å². The van der Waals surface area contributed by atoms with E-state index in [0.717, 1.165) is 19.4 Å². The highest BCUT2D eigenvalue weighted by Crippen LogP contribution is 1.94. The lowest BCUT2D eigenvalue weighted by atomic mass is 10.2. The van der Waals surface area contributed by atoms with Gasteiger partial charge in [-0.1, -0.05) is 0 Å². The normalized spacial score (nSPS) is 13.2. The van der Waals surface area contributed by atoms with Gasteiger partial charge in [0.2, 0.25) is 0 Å². The lowest BCUT2D eigenvalue weighted by Crippen LogP contribution is -2.29. The van der Waals surface area contributed by atoms with Crippen molar-refractivity contribution in [3.8, 4) is 0 Å². The molecule has 0 aromatic carbocycles. The molecule has 80 valence electrons. The molecule has 0 radical (unpaired) electrons. The van der Waals surface area contributed by atoms with Crippen molar-refractivity contribution in [2.45, 2.75) is 25.8 Å². The Kier molecular flexibility index (Phi) is 9.80. The first-order chi connectivity index (χ1) is 6.31. The van der Waals surface area contributed by atoms with Crippen LogP contribution in [0.25, 0.3) is 0 Å². The van der Waals surface area contributed by atoms with Crippen molar-refractivity contribution in [2.24, 2.45) is 0 Å². The van der Waals surface area contributed by atoms with Gasteiger partial charge in [-0.3, -0.25) is 0 Å². The molecule has 0 amide bonds. The van der Waals surface area contributed by atoms with E-state index >= 15 is 0 Å². The maximum Gasteiger partial charge on any atom is 0.0698 e. The number of ether oxygens (including phenoxy) is 1. The molecule has 0 saturated heterocycles. The topological polar surface area (TPSA) is 61.7 Å². The van der Waals surface area contributed by atoms with Gasteiger partial charge in [0, 0.05) is 19.2 Å². The first-order valence-electron chi connectivity index (χ1n) is 4.84. The summed E-state index contributed by atoms with van der Waals surface area (Å²) in [4.78, 5) is 0. The van der Waals surface area contributed by atoms with Crippen LogP contribution in [0.2, 0.25) is 0 Å². The minimum absolute atomic E-state index is 0.0834. The Balaban J connectivity index is 3.03. The summed E-state index contributed by atoms with van der Waals surface area (Å²) in [5.74, 6) is 0. The molecule has 1 atom stereocenters. The zero-order valence-corrected chi connectivity index (χ0v) is 8.33. The largest absolute Gasteiger partial charge is 0.396 e. The summed E-state index contributed by atoms with van der Waals surface area (Å²) in [6.45, 7) is 4.26. The van der Waals surface area contributed by atoms with Crippen molar-refractivity contribution in [3.05, 3.63) is 0 Å². The Morgan fingerprint density at radius 3 is 2.62 bits per heavy atom. The van der Waals surface area contributed by atoms with E-state index in [1.807, 2.05) is 0 Å². The lowest BCUT2D eigenvalue weighted by Gasteiger charge is -2.12. The number of hydrogen-bond donors (Lipinski definition) is 3. The van der Waals surface area contributed by atoms with Gasteiger partial charge in [0.15, 0.2) is 0 Å². The second-order valence-electron chi connectivity index (χ2n) is 3.06. The molecular weight excluding hydrogens is 170 g/mol. The minimum Gasteiger partial charge on any atom is -0.396 e. The van der Waals surface area contributed by atoms with Gasteiger partial charge in [-0.15, -0.1) is 0 Å². The summed E-state index contributed by atoms with van der Waals surface area (Å²) < 4.78 is 5.08. The smallest absolute Gasteiger partial charge is 0.0698 e. The third-order valence-electron chi connectivity index (χ3n) is 1.77. The Morgan fingerprint density at radius 1 is 1.23 bits per heavy atom. The Labute approximate surface area is 79.9 Å². The zero-order chi connectivity index (χ0) is 9.94. The van der Waals surface area contributed by atoms with E-state index in [-0.39, 0.29) is 13.2 Å². The van der Waals surface area contributed by atoms with Crippen LogP contribution in [0.15, 0.2) is 0 Å². The van der Waals surface area contributed by atoms with Crippen molar-refractivity contribution in [1.82, 2.24) is 5.32 Å². The maximum absolute atomic E-state index is 8.58. The summed E-state index contributed by atoms with van der Waals surface area (Å²) in [5, 5.41) is 20.3. The molecule has 0 aliphatic rings. The average Bonchev–Trinajstić information content (AvgIpc) is 2.14. The Hall–Kier alpha value is -0.160. The van der Waals surface area contributed by atoms with Crippen molar-refractivity contribution < 1.29 is 14.9 Å². The van der Waals surface area contributed by atoms with Crippen LogP contribution in [0, 0.1) is 0 Å². The standard InChI is InChI=1S/C9H21NO3/c1-9(3-2-5-11)10-4-7-13-8-6-12/h9-12H,2-8H2,1H3. The third-order valence-corrected chi connectivity index (χ3v) is 1.77. The fourth-order valence-electron chi connectivity index (χ4n) is 1.04. The number of nitrogens with one attached hydrogen (secondary N) is 1. The summed E-state index contributed by atoms with van der Waals surface area (Å²) >= 11 is 0. The van der Waals surface area contributed by atoms with E-state index in [0.29, 0.717) is 19.3 Å². The highest BCUT2D eigenvalue weighted by molar-refractivity contribution is 4.59. The lowest BCUT2D eigenvalue weighted by molar-refractivity contribution is 0.0925. The van der Waals surface area contributed by atoms with E-state index in [1.165, 1.54) is 0 Å². The number of aliphatic hydroxyl groups is 2. The molecule has 0 aromatic rings. The van der Waals surface area contributed by atoms with Gasteiger partial charge in [-0.05, 0) is 19.8 Å². The second kappa shape index (κ2) is 9.92. The van der Waals surface area contributed by atoms with Crippen LogP contribution in [-0.2, 0) is 4.74 Å². The van der Waals surface area contributed by atoms with E-state index < -0.39 is 0 Å². The summed E-state index contributed by atoms with van der Waals surface area (Å²) in [6, 6.07) is 0.421. The zero-order valence-electron chi connectivity index (χ0n) is 8.33. The fourth-order valence-corrected chi connectivity index (χ4v) is 1.04. The molecule has 0 spiro atoms. The monoisotopic (exact) mass is 191 g/mol. The molecule has 13 heavy (non-hydrogen) atoms. The first kappa shape index (κ1) is 12.8. The van der Waals surface area contributed by atoms with E-state index in [4.69, 9.17) is 14.9 Å². The molecular formula is C9H21NO3. The summed E-state index contributed by atoms with van der Waals surface area (Å²) in [7, 11) is 0. The van der Waals surface area contributed by atoms with Gasteiger partial charge in [0.25, 0.3) is 0 Å². The quantitative estimate of drug-likeness (QED) is 0.440. The predicted molar refractivity (Wildman–Crippen MR) is 51.7 cm³/mol.